The van der Waals surface area contributed by atoms with Crippen molar-refractivity contribution < 1.29 is 28.5 Å². The largest absolute Gasteiger partial charge is 0.494 e. The summed E-state index contributed by atoms with van der Waals surface area (Å²) in [5, 5.41) is 5.35. The number of hydrogen-bond acceptors (Lipinski definition) is 7. The summed E-state index contributed by atoms with van der Waals surface area (Å²) >= 11 is 0. The van der Waals surface area contributed by atoms with Crippen molar-refractivity contribution in [1.82, 2.24) is 15.6 Å². The minimum atomic E-state index is -0.376. The Kier molecular flexibility index (Phi) is 6.89. The fourth-order valence-corrected chi connectivity index (χ4v) is 3.07. The van der Waals surface area contributed by atoms with E-state index in [4.69, 9.17) is 18.9 Å². The molecule has 9 heteroatoms. The van der Waals surface area contributed by atoms with Gasteiger partial charge in [0, 0.05) is 24.4 Å². The van der Waals surface area contributed by atoms with Gasteiger partial charge in [-0.1, -0.05) is 0 Å². The smallest absolute Gasteiger partial charge is 0.251 e. The van der Waals surface area contributed by atoms with Gasteiger partial charge in [-0.2, -0.15) is 0 Å². The van der Waals surface area contributed by atoms with Gasteiger partial charge in [-0.05, 0) is 61.0 Å². The predicted molar refractivity (Wildman–Crippen MR) is 119 cm³/mol. The first-order valence-corrected chi connectivity index (χ1v) is 10.4. The lowest BCUT2D eigenvalue weighted by molar-refractivity contribution is -0.120. The van der Waals surface area contributed by atoms with E-state index in [9.17, 15) is 9.59 Å². The van der Waals surface area contributed by atoms with Crippen LogP contribution in [0.2, 0.25) is 0 Å². The molecule has 0 saturated heterocycles. The van der Waals surface area contributed by atoms with Crippen LogP contribution in [0.15, 0.2) is 60.8 Å². The third-order valence-corrected chi connectivity index (χ3v) is 4.69. The summed E-state index contributed by atoms with van der Waals surface area (Å²) in [6.45, 7) is 2.75. The van der Waals surface area contributed by atoms with Crippen molar-refractivity contribution in [3.63, 3.8) is 0 Å². The zero-order valence-electron chi connectivity index (χ0n) is 18.0. The normalized spacial score (nSPS) is 11.5. The van der Waals surface area contributed by atoms with E-state index >= 15 is 0 Å². The van der Waals surface area contributed by atoms with E-state index in [1.807, 2.05) is 19.1 Å². The summed E-state index contributed by atoms with van der Waals surface area (Å²) in [7, 11) is 0. The first kappa shape index (κ1) is 21.9. The predicted octanol–water partition coefficient (Wildman–Crippen LogP) is 3.05. The molecule has 0 atom stereocenters. The number of carbonyl (C=O) groups excluding carboxylic acids is 2. The summed E-state index contributed by atoms with van der Waals surface area (Å²) in [5.74, 6) is 2.19. The third-order valence-electron chi connectivity index (χ3n) is 4.69. The van der Waals surface area contributed by atoms with Crippen LogP contribution in [0.4, 0.5) is 0 Å². The number of benzene rings is 2. The van der Waals surface area contributed by atoms with E-state index < -0.39 is 0 Å². The fourth-order valence-electron chi connectivity index (χ4n) is 3.07. The maximum Gasteiger partial charge on any atom is 0.251 e. The van der Waals surface area contributed by atoms with E-state index in [-0.39, 0.29) is 31.7 Å². The maximum atomic E-state index is 12.3. The number of fused-ring (bicyclic) bond motifs is 1. The number of nitrogens with one attached hydrogen (secondary N) is 2. The van der Waals surface area contributed by atoms with Crippen LogP contribution in [0.1, 0.15) is 22.8 Å². The zero-order chi connectivity index (χ0) is 23.0. The minimum absolute atomic E-state index is 0.130. The first-order valence-electron chi connectivity index (χ1n) is 10.4. The molecule has 170 valence electrons. The molecule has 33 heavy (non-hydrogen) atoms. The van der Waals surface area contributed by atoms with Crippen molar-refractivity contribution in [3.8, 4) is 28.9 Å². The van der Waals surface area contributed by atoms with Crippen LogP contribution in [0.5, 0.6) is 28.9 Å². The van der Waals surface area contributed by atoms with Crippen molar-refractivity contribution in [2.24, 2.45) is 0 Å². The Balaban J connectivity index is 1.25. The summed E-state index contributed by atoms with van der Waals surface area (Å²) in [6, 6.07) is 15.6. The molecule has 1 aliphatic heterocycles. The zero-order valence-corrected chi connectivity index (χ0v) is 18.0. The molecule has 2 heterocycles. The molecular formula is C24H23N3O6. The van der Waals surface area contributed by atoms with Gasteiger partial charge >= 0.3 is 0 Å². The molecule has 4 rings (SSSR count). The molecule has 0 fully saturated rings. The molecule has 9 nitrogen and oxygen atoms in total. The molecule has 0 radical (unpaired) electrons. The number of amides is 2. The molecule has 1 aromatic heterocycles. The Morgan fingerprint density at radius 2 is 1.76 bits per heavy atom. The quantitative estimate of drug-likeness (QED) is 0.517. The standard InChI is InChI=1S/C24H23N3O6/c1-2-30-18-4-6-19(7-5-18)33-23-11-16(9-10-25-23)13-26-22(28)14-27-24(29)17-3-8-20-21(12-17)32-15-31-20/h3-12H,2,13-15H2,1H3,(H,26,28)(H,27,29). The Hall–Kier alpha value is -4.27. The highest BCUT2D eigenvalue weighted by atomic mass is 16.7. The minimum Gasteiger partial charge on any atom is -0.494 e. The van der Waals surface area contributed by atoms with Crippen LogP contribution in [0.3, 0.4) is 0 Å². The van der Waals surface area contributed by atoms with Gasteiger partial charge in [0.15, 0.2) is 11.5 Å². The number of rotatable bonds is 9. The summed E-state index contributed by atoms with van der Waals surface area (Å²) < 4.78 is 21.7. The van der Waals surface area contributed by atoms with Crippen LogP contribution in [-0.4, -0.2) is 36.7 Å². The summed E-state index contributed by atoms with van der Waals surface area (Å²) in [6.07, 6.45) is 1.60. The number of aromatic nitrogens is 1. The number of pyridine rings is 1. The lowest BCUT2D eigenvalue weighted by Gasteiger charge is -2.09. The van der Waals surface area contributed by atoms with Gasteiger partial charge in [0.1, 0.15) is 11.5 Å². The molecule has 0 spiro atoms. The second kappa shape index (κ2) is 10.4. The highest BCUT2D eigenvalue weighted by molar-refractivity contribution is 5.97. The van der Waals surface area contributed by atoms with Crippen LogP contribution >= 0.6 is 0 Å². The molecule has 0 unspecified atom stereocenters. The van der Waals surface area contributed by atoms with Gasteiger partial charge < -0.3 is 29.6 Å². The average molecular weight is 449 g/mol. The number of ether oxygens (including phenoxy) is 4. The van der Waals surface area contributed by atoms with Crippen molar-refractivity contribution in [3.05, 3.63) is 71.9 Å². The molecule has 0 saturated carbocycles. The molecule has 2 amide bonds. The lowest BCUT2D eigenvalue weighted by Crippen LogP contribution is -2.36. The van der Waals surface area contributed by atoms with Crippen LogP contribution in [-0.2, 0) is 11.3 Å². The average Bonchev–Trinajstić information content (AvgIpc) is 3.31. The van der Waals surface area contributed by atoms with Crippen molar-refractivity contribution in [1.29, 1.82) is 0 Å². The number of nitrogens with zero attached hydrogens (tertiary/aromatic N) is 1. The maximum absolute atomic E-state index is 12.3. The van der Waals surface area contributed by atoms with E-state index in [1.165, 1.54) is 0 Å². The fraction of sp³-hybridized carbons (Fsp3) is 0.208. The number of carbonyl (C=O) groups is 2. The van der Waals surface area contributed by atoms with Gasteiger partial charge in [-0.25, -0.2) is 4.98 Å². The summed E-state index contributed by atoms with van der Waals surface area (Å²) in [4.78, 5) is 28.6. The Labute approximate surface area is 190 Å². The molecule has 0 bridgehead atoms. The van der Waals surface area contributed by atoms with E-state index in [2.05, 4.69) is 15.6 Å². The van der Waals surface area contributed by atoms with Crippen molar-refractivity contribution in [2.75, 3.05) is 19.9 Å². The van der Waals surface area contributed by atoms with Crippen molar-refractivity contribution >= 4 is 11.8 Å². The van der Waals surface area contributed by atoms with E-state index in [1.54, 1.807) is 48.7 Å². The SMILES string of the molecule is CCOc1ccc(Oc2cc(CNC(=O)CNC(=O)c3ccc4c(c3)OCO4)ccn2)cc1. The highest BCUT2D eigenvalue weighted by Gasteiger charge is 2.16. The molecule has 3 aromatic rings. The van der Waals surface area contributed by atoms with Crippen LogP contribution in [0.25, 0.3) is 0 Å². The van der Waals surface area contributed by atoms with E-state index in [0.717, 1.165) is 11.3 Å². The van der Waals surface area contributed by atoms with Crippen molar-refractivity contribution in [2.45, 2.75) is 13.5 Å². The van der Waals surface area contributed by atoms with Gasteiger partial charge in [-0.15, -0.1) is 0 Å². The monoisotopic (exact) mass is 449 g/mol. The van der Waals surface area contributed by atoms with Gasteiger partial charge in [0.2, 0.25) is 18.6 Å². The highest BCUT2D eigenvalue weighted by Crippen LogP contribution is 2.32. The van der Waals surface area contributed by atoms with Gasteiger partial charge in [0.25, 0.3) is 5.91 Å². The lowest BCUT2D eigenvalue weighted by atomic mass is 10.2. The topological polar surface area (TPSA) is 108 Å². The van der Waals surface area contributed by atoms with Crippen LogP contribution < -0.4 is 29.6 Å². The molecule has 2 N–H and O–H groups in total. The molecular weight excluding hydrogens is 426 g/mol. The Morgan fingerprint density at radius 3 is 2.58 bits per heavy atom. The summed E-state index contributed by atoms with van der Waals surface area (Å²) in [5.41, 5.74) is 1.19. The second-order valence-electron chi connectivity index (χ2n) is 7.04. The molecule has 2 aromatic carbocycles. The van der Waals surface area contributed by atoms with Gasteiger partial charge in [0.05, 0.1) is 13.2 Å². The second-order valence-corrected chi connectivity index (χ2v) is 7.04. The van der Waals surface area contributed by atoms with Gasteiger partial charge in [-0.3, -0.25) is 9.59 Å². The molecule has 1 aliphatic rings. The molecule has 0 aliphatic carbocycles. The Bertz CT molecular complexity index is 1130. The first-order chi connectivity index (χ1) is 16.1. The van der Waals surface area contributed by atoms with E-state index in [0.29, 0.717) is 35.3 Å². The third kappa shape index (κ3) is 5.91. The number of hydrogen-bond donors (Lipinski definition) is 2. The van der Waals surface area contributed by atoms with Crippen LogP contribution in [0, 0.1) is 0 Å². The Morgan fingerprint density at radius 1 is 0.970 bits per heavy atom.